The Hall–Kier alpha value is -3.59. The van der Waals surface area contributed by atoms with E-state index in [9.17, 15) is 16.8 Å². The number of sulfone groups is 1. The van der Waals surface area contributed by atoms with Gasteiger partial charge in [0, 0.05) is 22.0 Å². The van der Waals surface area contributed by atoms with Crippen LogP contribution < -0.4 is 0 Å². The van der Waals surface area contributed by atoms with Crippen molar-refractivity contribution in [2.75, 3.05) is 0 Å². The standard InChI is InChI=1S/C31H27NO4S3/c1-22-8-14-25(15-9-22)37-21-31(38(33,34)26-16-10-23(2)11-17-26)29-20-32(30-7-5-4-6-28(29)30)39(35,36)27-18-12-24(3)13-19-27/h4-21H,1-3H3/b31-21+. The number of hydrogen-bond acceptors (Lipinski definition) is 5. The summed E-state index contributed by atoms with van der Waals surface area (Å²) in [5.41, 5.74) is 3.70. The fraction of sp³-hybridized carbons (Fsp3) is 0.0968. The van der Waals surface area contributed by atoms with E-state index >= 15 is 0 Å². The second-order valence-electron chi connectivity index (χ2n) is 9.40. The Bertz CT molecular complexity index is 1900. The third-order valence-electron chi connectivity index (χ3n) is 6.47. The maximum atomic E-state index is 14.1. The lowest BCUT2D eigenvalue weighted by molar-refractivity contribution is 0.588. The molecule has 5 nitrogen and oxygen atoms in total. The third kappa shape index (κ3) is 5.32. The average molecular weight is 574 g/mol. The van der Waals surface area contributed by atoms with Crippen molar-refractivity contribution in [2.45, 2.75) is 35.5 Å². The zero-order valence-electron chi connectivity index (χ0n) is 21.7. The number of fused-ring (bicyclic) bond motifs is 1. The summed E-state index contributed by atoms with van der Waals surface area (Å²) in [5.74, 6) is 0. The van der Waals surface area contributed by atoms with Crippen molar-refractivity contribution in [3.63, 3.8) is 0 Å². The fourth-order valence-corrected chi connectivity index (χ4v) is 8.11. The Labute approximate surface area is 233 Å². The van der Waals surface area contributed by atoms with Crippen LogP contribution in [0.2, 0.25) is 0 Å². The van der Waals surface area contributed by atoms with Crippen molar-refractivity contribution in [1.29, 1.82) is 0 Å². The van der Waals surface area contributed by atoms with Gasteiger partial charge >= 0.3 is 0 Å². The molecule has 0 saturated carbocycles. The quantitative estimate of drug-likeness (QED) is 0.190. The molecule has 8 heteroatoms. The van der Waals surface area contributed by atoms with Gasteiger partial charge in [0.25, 0.3) is 10.0 Å². The molecule has 0 bridgehead atoms. The predicted molar refractivity (Wildman–Crippen MR) is 159 cm³/mol. The molecule has 0 amide bonds. The molecule has 0 aliphatic heterocycles. The van der Waals surface area contributed by atoms with Crippen LogP contribution in [-0.4, -0.2) is 20.8 Å². The van der Waals surface area contributed by atoms with E-state index < -0.39 is 19.9 Å². The van der Waals surface area contributed by atoms with Crippen LogP contribution >= 0.6 is 11.8 Å². The van der Waals surface area contributed by atoms with Gasteiger partial charge in [0.2, 0.25) is 9.84 Å². The lowest BCUT2D eigenvalue weighted by atomic mass is 10.2. The molecule has 0 radical (unpaired) electrons. The summed E-state index contributed by atoms with van der Waals surface area (Å²) in [6.45, 7) is 5.77. The van der Waals surface area contributed by atoms with E-state index in [-0.39, 0.29) is 14.7 Å². The lowest BCUT2D eigenvalue weighted by Gasteiger charge is -2.10. The molecule has 0 N–H and O–H groups in total. The number of benzene rings is 4. The van der Waals surface area contributed by atoms with Crippen LogP contribution in [0, 0.1) is 20.8 Å². The van der Waals surface area contributed by atoms with E-state index in [1.54, 1.807) is 78.2 Å². The van der Waals surface area contributed by atoms with Gasteiger partial charge in [-0.2, -0.15) is 0 Å². The first-order valence-electron chi connectivity index (χ1n) is 12.3. The van der Waals surface area contributed by atoms with Gasteiger partial charge in [-0.05, 0) is 68.6 Å². The van der Waals surface area contributed by atoms with Crippen molar-refractivity contribution < 1.29 is 16.8 Å². The van der Waals surface area contributed by atoms with Gasteiger partial charge in [0.1, 0.15) is 0 Å². The minimum atomic E-state index is -4.01. The van der Waals surface area contributed by atoms with Crippen molar-refractivity contribution in [3.8, 4) is 0 Å². The van der Waals surface area contributed by atoms with Crippen molar-refractivity contribution >= 4 is 47.4 Å². The minimum Gasteiger partial charge on any atom is -0.240 e. The van der Waals surface area contributed by atoms with Crippen LogP contribution in [0.15, 0.2) is 123 Å². The van der Waals surface area contributed by atoms with Gasteiger partial charge in [0.15, 0.2) is 0 Å². The highest BCUT2D eigenvalue weighted by atomic mass is 32.2. The van der Waals surface area contributed by atoms with E-state index in [1.165, 1.54) is 21.9 Å². The van der Waals surface area contributed by atoms with Crippen molar-refractivity contribution in [3.05, 3.63) is 131 Å². The van der Waals surface area contributed by atoms with Crippen molar-refractivity contribution in [2.24, 2.45) is 0 Å². The van der Waals surface area contributed by atoms with E-state index in [1.807, 2.05) is 45.0 Å². The Morgan fingerprint density at radius 1 is 0.667 bits per heavy atom. The summed E-state index contributed by atoms with van der Waals surface area (Å²) in [4.78, 5) is 1.17. The zero-order valence-corrected chi connectivity index (χ0v) is 24.1. The van der Waals surface area contributed by atoms with Crippen molar-refractivity contribution in [1.82, 2.24) is 3.97 Å². The average Bonchev–Trinajstić information content (AvgIpc) is 3.30. The highest BCUT2D eigenvalue weighted by molar-refractivity contribution is 8.05. The summed E-state index contributed by atoms with van der Waals surface area (Å²) in [6, 6.07) is 28.0. The molecule has 0 spiro atoms. The fourth-order valence-electron chi connectivity index (χ4n) is 4.22. The van der Waals surface area contributed by atoms with Gasteiger partial charge in [-0.15, -0.1) is 0 Å². The highest BCUT2D eigenvalue weighted by Crippen LogP contribution is 2.38. The molecule has 5 rings (SSSR count). The Morgan fingerprint density at radius 3 is 1.77 bits per heavy atom. The van der Waals surface area contributed by atoms with E-state index in [0.29, 0.717) is 16.5 Å². The number of rotatable bonds is 7. The number of para-hydroxylation sites is 1. The van der Waals surface area contributed by atoms with E-state index in [2.05, 4.69) is 0 Å². The molecular formula is C31H27NO4S3. The smallest absolute Gasteiger partial charge is 0.240 e. The van der Waals surface area contributed by atoms with Gasteiger partial charge in [-0.3, -0.25) is 0 Å². The second kappa shape index (κ2) is 10.5. The largest absolute Gasteiger partial charge is 0.268 e. The first kappa shape index (κ1) is 27.0. The summed E-state index contributed by atoms with van der Waals surface area (Å²) < 4.78 is 56.9. The molecule has 0 atom stereocenters. The maximum absolute atomic E-state index is 14.1. The topological polar surface area (TPSA) is 73.2 Å². The summed E-state index contributed by atoms with van der Waals surface area (Å²) >= 11 is 1.28. The predicted octanol–water partition coefficient (Wildman–Crippen LogP) is 7.37. The number of aryl methyl sites for hydroxylation is 3. The highest BCUT2D eigenvalue weighted by Gasteiger charge is 2.28. The van der Waals surface area contributed by atoms with Crippen LogP contribution in [0.3, 0.4) is 0 Å². The zero-order chi connectivity index (χ0) is 27.8. The molecule has 1 aromatic heterocycles. The van der Waals surface area contributed by atoms with Gasteiger partial charge in [0.05, 0.1) is 20.2 Å². The molecule has 39 heavy (non-hydrogen) atoms. The molecule has 4 aromatic carbocycles. The first-order chi connectivity index (χ1) is 18.6. The van der Waals surface area contributed by atoms with Crippen LogP contribution in [0.5, 0.6) is 0 Å². The molecule has 1 heterocycles. The molecule has 198 valence electrons. The monoisotopic (exact) mass is 573 g/mol. The number of aromatic nitrogens is 1. The summed E-state index contributed by atoms with van der Waals surface area (Å²) in [7, 11) is -8.01. The summed E-state index contributed by atoms with van der Waals surface area (Å²) in [6.07, 6.45) is 1.42. The van der Waals surface area contributed by atoms with Gasteiger partial charge < -0.3 is 0 Å². The molecule has 0 saturated heterocycles. The molecule has 0 fully saturated rings. The molecule has 0 aliphatic carbocycles. The van der Waals surface area contributed by atoms with E-state index in [4.69, 9.17) is 0 Å². The van der Waals surface area contributed by atoms with Gasteiger partial charge in [-0.1, -0.05) is 83.0 Å². The number of thioether (sulfide) groups is 1. The summed E-state index contributed by atoms with van der Waals surface area (Å²) in [5, 5.41) is 2.13. The SMILES string of the molecule is Cc1ccc(S/C=C(\c2cn(S(=O)(=O)c3ccc(C)cc3)c3ccccc23)S(=O)(=O)c2ccc(C)cc2)cc1. The lowest BCUT2D eigenvalue weighted by Crippen LogP contribution is -2.12. The normalized spacial score (nSPS) is 12.6. The molecule has 0 unspecified atom stereocenters. The van der Waals surface area contributed by atoms with Crippen LogP contribution in [0.1, 0.15) is 22.3 Å². The van der Waals surface area contributed by atoms with Gasteiger partial charge in [-0.25, -0.2) is 20.8 Å². The molecule has 0 aliphatic rings. The van der Waals surface area contributed by atoms with Crippen LogP contribution in [0.25, 0.3) is 15.8 Å². The Balaban J connectivity index is 1.74. The Kier molecular flexibility index (Phi) is 7.29. The third-order valence-corrected chi connectivity index (χ3v) is 11.0. The molecular weight excluding hydrogens is 547 g/mol. The Morgan fingerprint density at radius 2 is 1.18 bits per heavy atom. The minimum absolute atomic E-state index is 0.0333. The van der Waals surface area contributed by atoms with Crippen LogP contribution in [-0.2, 0) is 19.9 Å². The first-order valence-corrected chi connectivity index (χ1v) is 16.1. The molecule has 5 aromatic rings. The second-order valence-corrected chi connectivity index (χ2v) is 14.1. The number of nitrogens with zero attached hydrogens (tertiary/aromatic N) is 1. The van der Waals surface area contributed by atoms with E-state index in [0.717, 1.165) is 21.6 Å². The number of hydrogen-bond donors (Lipinski definition) is 0. The maximum Gasteiger partial charge on any atom is 0.268 e. The van der Waals surface area contributed by atoms with Crippen LogP contribution in [0.4, 0.5) is 0 Å².